The van der Waals surface area contributed by atoms with E-state index in [2.05, 4.69) is 27.5 Å². The largest absolute Gasteiger partial charge is 0.490 e. The van der Waals surface area contributed by atoms with Crippen LogP contribution in [0.1, 0.15) is 23.6 Å². The van der Waals surface area contributed by atoms with Gasteiger partial charge >= 0.3 is 0 Å². The molecule has 0 aliphatic rings. The molecule has 5 aromatic rings. The molecule has 7 heteroatoms. The van der Waals surface area contributed by atoms with Gasteiger partial charge in [0.25, 0.3) is 5.56 Å². The summed E-state index contributed by atoms with van der Waals surface area (Å²) >= 11 is 4.85. The SMILES string of the molecule is C=CCc1cc(C=c2sc3nc4ccccc4n3c2=O)cc(OCC)c1OCc1ccc(Br)cc1. The maximum atomic E-state index is 13.2. The molecular weight excluding hydrogens is 524 g/mol. The van der Waals surface area contributed by atoms with Gasteiger partial charge in [0, 0.05) is 10.0 Å². The van der Waals surface area contributed by atoms with Crippen molar-refractivity contribution in [3.63, 3.8) is 0 Å². The van der Waals surface area contributed by atoms with Crippen LogP contribution in [0.15, 0.2) is 82.6 Å². The summed E-state index contributed by atoms with van der Waals surface area (Å²) in [7, 11) is 0. The van der Waals surface area contributed by atoms with E-state index in [9.17, 15) is 4.79 Å². The molecule has 5 rings (SSSR count). The van der Waals surface area contributed by atoms with Crippen molar-refractivity contribution >= 4 is 49.3 Å². The van der Waals surface area contributed by atoms with Crippen molar-refractivity contribution in [1.82, 2.24) is 9.38 Å². The van der Waals surface area contributed by atoms with E-state index in [-0.39, 0.29) is 5.56 Å². The van der Waals surface area contributed by atoms with Crippen molar-refractivity contribution in [2.45, 2.75) is 20.0 Å². The van der Waals surface area contributed by atoms with Crippen LogP contribution in [0.25, 0.3) is 22.1 Å². The highest BCUT2D eigenvalue weighted by atomic mass is 79.9. The maximum absolute atomic E-state index is 13.2. The van der Waals surface area contributed by atoms with Crippen LogP contribution >= 0.6 is 27.3 Å². The number of thiazole rings is 1. The van der Waals surface area contributed by atoms with Crippen molar-refractivity contribution < 1.29 is 9.47 Å². The lowest BCUT2D eigenvalue weighted by molar-refractivity contribution is 0.267. The van der Waals surface area contributed by atoms with Crippen molar-refractivity contribution in [3.8, 4) is 11.5 Å². The van der Waals surface area contributed by atoms with E-state index < -0.39 is 0 Å². The van der Waals surface area contributed by atoms with Crippen LogP contribution in [-0.2, 0) is 13.0 Å². The maximum Gasteiger partial charge on any atom is 0.274 e. The molecular formula is C28H23BrN2O3S. The molecule has 0 amide bonds. The molecule has 2 aromatic heterocycles. The van der Waals surface area contributed by atoms with Crippen molar-refractivity contribution in [3.05, 3.63) is 109 Å². The first-order chi connectivity index (χ1) is 17.1. The number of aromatic nitrogens is 2. The van der Waals surface area contributed by atoms with Gasteiger partial charge in [0.2, 0.25) is 0 Å². The summed E-state index contributed by atoms with van der Waals surface area (Å²) in [5.41, 5.74) is 4.45. The van der Waals surface area contributed by atoms with Crippen LogP contribution in [-0.4, -0.2) is 16.0 Å². The monoisotopic (exact) mass is 546 g/mol. The molecule has 5 nitrogen and oxygen atoms in total. The molecule has 0 N–H and O–H groups in total. The predicted molar refractivity (Wildman–Crippen MR) is 146 cm³/mol. The summed E-state index contributed by atoms with van der Waals surface area (Å²) < 4.78 is 15.5. The molecule has 0 unspecified atom stereocenters. The van der Waals surface area contributed by atoms with Crippen LogP contribution in [0.5, 0.6) is 11.5 Å². The molecule has 3 aromatic carbocycles. The van der Waals surface area contributed by atoms with Gasteiger partial charge in [-0.2, -0.15) is 0 Å². The Kier molecular flexibility index (Phi) is 6.70. The number of hydrogen-bond acceptors (Lipinski definition) is 5. The average molecular weight is 547 g/mol. The van der Waals surface area contributed by atoms with E-state index >= 15 is 0 Å². The van der Waals surface area contributed by atoms with Gasteiger partial charge in [-0.1, -0.05) is 57.6 Å². The molecule has 0 aliphatic carbocycles. The van der Waals surface area contributed by atoms with Crippen LogP contribution in [0.3, 0.4) is 0 Å². The first-order valence-corrected chi connectivity index (χ1v) is 12.9. The van der Waals surface area contributed by atoms with E-state index in [4.69, 9.17) is 9.47 Å². The normalized spacial score (nSPS) is 11.9. The Morgan fingerprint density at radius 3 is 2.69 bits per heavy atom. The molecule has 0 saturated carbocycles. The number of imidazole rings is 1. The highest BCUT2D eigenvalue weighted by Crippen LogP contribution is 2.35. The van der Waals surface area contributed by atoms with Gasteiger partial charge in [-0.15, -0.1) is 6.58 Å². The number of allylic oxidation sites excluding steroid dienone is 1. The summed E-state index contributed by atoms with van der Waals surface area (Å²) in [5.74, 6) is 1.34. The first-order valence-electron chi connectivity index (χ1n) is 11.3. The fraction of sp³-hybridized carbons (Fsp3) is 0.143. The summed E-state index contributed by atoms with van der Waals surface area (Å²) in [6, 6.07) is 19.7. The third-order valence-corrected chi connectivity index (χ3v) is 7.06. The lowest BCUT2D eigenvalue weighted by Gasteiger charge is -2.17. The van der Waals surface area contributed by atoms with Crippen LogP contribution in [0.2, 0.25) is 0 Å². The Morgan fingerprint density at radius 1 is 1.11 bits per heavy atom. The molecule has 0 bridgehead atoms. The lowest BCUT2D eigenvalue weighted by Crippen LogP contribution is -2.22. The van der Waals surface area contributed by atoms with Gasteiger partial charge in [-0.3, -0.25) is 4.79 Å². The standard InChI is InChI=1S/C28H23BrN2O3S/c1-3-7-20-14-19(15-24(33-4-2)26(20)34-17-18-10-12-21(29)13-11-18)16-25-27(32)31-23-9-6-5-8-22(23)30-28(31)35-25/h3,5-6,8-16H,1,4,7,17H2,2H3. The van der Waals surface area contributed by atoms with Crippen molar-refractivity contribution in [2.24, 2.45) is 0 Å². The Hall–Kier alpha value is -3.42. The van der Waals surface area contributed by atoms with Gasteiger partial charge in [-0.05, 0) is 66.9 Å². The smallest absolute Gasteiger partial charge is 0.274 e. The van der Waals surface area contributed by atoms with Crippen LogP contribution < -0.4 is 19.6 Å². The molecule has 0 aliphatic heterocycles. The van der Waals surface area contributed by atoms with Crippen molar-refractivity contribution in [1.29, 1.82) is 0 Å². The molecule has 0 spiro atoms. The Balaban J connectivity index is 1.57. The van der Waals surface area contributed by atoms with E-state index in [0.717, 1.165) is 32.2 Å². The number of para-hydroxylation sites is 2. The van der Waals surface area contributed by atoms with Gasteiger partial charge < -0.3 is 9.47 Å². The Labute approximate surface area is 215 Å². The van der Waals surface area contributed by atoms with Crippen LogP contribution in [0.4, 0.5) is 0 Å². The molecule has 0 saturated heterocycles. The van der Waals surface area contributed by atoms with E-state index in [1.807, 2.05) is 79.7 Å². The fourth-order valence-corrected chi connectivity index (χ4v) is 5.25. The Bertz CT molecular complexity index is 1640. The third-order valence-electron chi connectivity index (χ3n) is 5.56. The summed E-state index contributed by atoms with van der Waals surface area (Å²) in [6.07, 6.45) is 4.34. The van der Waals surface area contributed by atoms with Gasteiger partial charge in [0.1, 0.15) is 6.61 Å². The molecule has 2 heterocycles. The van der Waals surface area contributed by atoms with Crippen molar-refractivity contribution in [2.75, 3.05) is 6.61 Å². The van der Waals surface area contributed by atoms with E-state index in [1.54, 1.807) is 4.40 Å². The summed E-state index contributed by atoms with van der Waals surface area (Å²) in [6.45, 7) is 6.76. The second-order valence-electron chi connectivity index (χ2n) is 7.98. The van der Waals surface area contributed by atoms with E-state index in [0.29, 0.717) is 40.6 Å². The molecule has 0 fully saturated rings. The lowest BCUT2D eigenvalue weighted by atomic mass is 10.1. The Morgan fingerprint density at radius 2 is 1.91 bits per heavy atom. The molecule has 176 valence electrons. The molecule has 0 atom stereocenters. The van der Waals surface area contributed by atoms with Gasteiger partial charge in [0.05, 0.1) is 22.2 Å². The average Bonchev–Trinajstić information content (AvgIpc) is 3.36. The zero-order valence-electron chi connectivity index (χ0n) is 19.2. The minimum Gasteiger partial charge on any atom is -0.490 e. The van der Waals surface area contributed by atoms with Gasteiger partial charge in [-0.25, -0.2) is 9.38 Å². The highest BCUT2D eigenvalue weighted by Gasteiger charge is 2.15. The van der Waals surface area contributed by atoms with E-state index in [1.165, 1.54) is 11.3 Å². The number of benzene rings is 3. The minimum atomic E-state index is -0.0718. The second-order valence-corrected chi connectivity index (χ2v) is 9.91. The summed E-state index contributed by atoms with van der Waals surface area (Å²) in [5, 5.41) is 0. The number of hydrogen-bond donors (Lipinski definition) is 0. The van der Waals surface area contributed by atoms with Crippen LogP contribution in [0, 0.1) is 0 Å². The fourth-order valence-electron chi connectivity index (χ4n) is 4.00. The second kappa shape index (κ2) is 10.1. The number of ether oxygens (including phenoxy) is 2. The first kappa shape index (κ1) is 23.3. The molecule has 0 radical (unpaired) electrons. The molecule has 35 heavy (non-hydrogen) atoms. The quantitative estimate of drug-likeness (QED) is 0.226. The third kappa shape index (κ3) is 4.74. The number of rotatable bonds is 8. The number of fused-ring (bicyclic) bond motifs is 3. The summed E-state index contributed by atoms with van der Waals surface area (Å²) in [4.78, 5) is 18.5. The number of nitrogens with zero attached hydrogens (tertiary/aromatic N) is 2. The predicted octanol–water partition coefficient (Wildman–Crippen LogP) is 5.93. The topological polar surface area (TPSA) is 52.8 Å². The zero-order valence-corrected chi connectivity index (χ0v) is 21.6. The van der Waals surface area contributed by atoms with Gasteiger partial charge in [0.15, 0.2) is 16.5 Å². The number of halogens is 1. The minimum absolute atomic E-state index is 0.0718. The zero-order chi connectivity index (χ0) is 24.4. The highest BCUT2D eigenvalue weighted by molar-refractivity contribution is 9.10.